The summed E-state index contributed by atoms with van der Waals surface area (Å²) in [6.45, 7) is 3.12. The van der Waals surface area contributed by atoms with Gasteiger partial charge in [-0.05, 0) is 31.5 Å². The van der Waals surface area contributed by atoms with Gasteiger partial charge in [0, 0.05) is 11.1 Å². The molecule has 0 N–H and O–H groups in total. The quantitative estimate of drug-likeness (QED) is 0.524. The van der Waals surface area contributed by atoms with E-state index in [2.05, 4.69) is 0 Å². The lowest BCUT2D eigenvalue weighted by molar-refractivity contribution is 0.100. The van der Waals surface area contributed by atoms with Crippen LogP contribution in [0.15, 0.2) is 12.1 Å². The Labute approximate surface area is 82.0 Å². The van der Waals surface area contributed by atoms with Crippen LogP contribution < -0.4 is 0 Å². The second-order valence-electron chi connectivity index (χ2n) is 3.04. The van der Waals surface area contributed by atoms with Crippen molar-refractivity contribution in [3.8, 4) is 6.07 Å². The number of benzene rings is 1. The normalized spacial score (nSPS) is 9.21. The minimum atomic E-state index is -0.158. The molecule has 14 heavy (non-hydrogen) atoms. The Morgan fingerprint density at radius 3 is 2.57 bits per heavy atom. The van der Waals surface area contributed by atoms with Gasteiger partial charge in [-0.25, -0.2) is 0 Å². The molecule has 0 saturated heterocycles. The fourth-order valence-corrected chi connectivity index (χ4v) is 1.45. The van der Waals surface area contributed by atoms with E-state index in [1.807, 2.05) is 6.07 Å². The SMILES string of the molecule is CC(=O)c1c(C)cc(C#N)cc1C=O. The largest absolute Gasteiger partial charge is 0.298 e. The summed E-state index contributed by atoms with van der Waals surface area (Å²) in [5, 5.41) is 8.66. The van der Waals surface area contributed by atoms with Gasteiger partial charge in [-0.2, -0.15) is 5.26 Å². The third kappa shape index (κ3) is 1.69. The summed E-state index contributed by atoms with van der Waals surface area (Å²) in [4.78, 5) is 21.9. The molecule has 1 aromatic rings. The van der Waals surface area contributed by atoms with Gasteiger partial charge in [0.1, 0.15) is 0 Å². The van der Waals surface area contributed by atoms with Gasteiger partial charge in [0.2, 0.25) is 0 Å². The Balaban J connectivity index is 3.52. The predicted octanol–water partition coefficient (Wildman–Crippen LogP) is 1.88. The van der Waals surface area contributed by atoms with Crippen LogP contribution in [0.5, 0.6) is 0 Å². The lowest BCUT2D eigenvalue weighted by Gasteiger charge is -2.05. The van der Waals surface area contributed by atoms with Gasteiger partial charge < -0.3 is 0 Å². The van der Waals surface area contributed by atoms with Crippen LogP contribution >= 0.6 is 0 Å². The molecule has 0 aromatic heterocycles. The molecule has 1 aromatic carbocycles. The highest BCUT2D eigenvalue weighted by Gasteiger charge is 2.11. The molecule has 0 aliphatic rings. The first-order valence-corrected chi connectivity index (χ1v) is 4.11. The van der Waals surface area contributed by atoms with E-state index in [4.69, 9.17) is 5.26 Å². The number of ketones is 1. The first kappa shape index (κ1) is 10.1. The fourth-order valence-electron chi connectivity index (χ4n) is 1.45. The molecule has 0 radical (unpaired) electrons. The number of carbonyl (C=O) groups excluding carboxylic acids is 2. The van der Waals surface area contributed by atoms with Crippen molar-refractivity contribution in [1.29, 1.82) is 5.26 Å². The summed E-state index contributed by atoms with van der Waals surface area (Å²) in [7, 11) is 0. The van der Waals surface area contributed by atoms with E-state index in [0.717, 1.165) is 0 Å². The van der Waals surface area contributed by atoms with Crippen LogP contribution in [-0.4, -0.2) is 12.1 Å². The van der Waals surface area contributed by atoms with Gasteiger partial charge in [-0.1, -0.05) is 0 Å². The molecule has 70 valence electrons. The van der Waals surface area contributed by atoms with E-state index in [0.29, 0.717) is 23.0 Å². The molecule has 0 atom stereocenters. The third-order valence-corrected chi connectivity index (χ3v) is 1.97. The zero-order valence-electron chi connectivity index (χ0n) is 8.00. The lowest BCUT2D eigenvalue weighted by Crippen LogP contribution is -2.02. The fraction of sp³-hybridized carbons (Fsp3) is 0.182. The van der Waals surface area contributed by atoms with Crippen molar-refractivity contribution >= 4 is 12.1 Å². The van der Waals surface area contributed by atoms with Crippen LogP contribution in [0.25, 0.3) is 0 Å². The smallest absolute Gasteiger partial charge is 0.160 e. The molecular formula is C11H9NO2. The molecule has 3 heteroatoms. The highest BCUT2D eigenvalue weighted by atomic mass is 16.1. The number of Topliss-reactive ketones (excluding diaryl/α,β-unsaturated/α-hetero) is 1. The van der Waals surface area contributed by atoms with Crippen LogP contribution in [0.2, 0.25) is 0 Å². The topological polar surface area (TPSA) is 57.9 Å². The number of aryl methyl sites for hydroxylation is 1. The predicted molar refractivity (Wildman–Crippen MR) is 51.3 cm³/mol. The number of hydrogen-bond donors (Lipinski definition) is 0. The maximum absolute atomic E-state index is 11.2. The van der Waals surface area contributed by atoms with E-state index >= 15 is 0 Å². The van der Waals surface area contributed by atoms with Gasteiger partial charge in [-0.15, -0.1) is 0 Å². The van der Waals surface area contributed by atoms with E-state index in [1.165, 1.54) is 13.0 Å². The maximum atomic E-state index is 11.2. The molecule has 0 spiro atoms. The average Bonchev–Trinajstić information content (AvgIpc) is 2.15. The number of aldehydes is 1. The summed E-state index contributed by atoms with van der Waals surface area (Å²) < 4.78 is 0. The molecule has 0 heterocycles. The molecule has 0 amide bonds. The first-order chi connectivity index (χ1) is 6.60. The maximum Gasteiger partial charge on any atom is 0.160 e. The summed E-state index contributed by atoms with van der Waals surface area (Å²) in [5.41, 5.74) is 1.75. The van der Waals surface area contributed by atoms with Gasteiger partial charge in [0.25, 0.3) is 0 Å². The number of nitriles is 1. The molecular weight excluding hydrogens is 178 g/mol. The standard InChI is InChI=1S/C11H9NO2/c1-7-3-9(5-12)4-10(6-13)11(7)8(2)14/h3-4,6H,1-2H3. The highest BCUT2D eigenvalue weighted by Crippen LogP contribution is 2.16. The Morgan fingerprint density at radius 1 is 1.50 bits per heavy atom. The summed E-state index contributed by atoms with van der Waals surface area (Å²) in [6.07, 6.45) is 0.602. The van der Waals surface area contributed by atoms with Crippen LogP contribution in [0.1, 0.15) is 38.8 Å². The number of carbonyl (C=O) groups is 2. The molecule has 0 unspecified atom stereocenters. The van der Waals surface area contributed by atoms with Crippen LogP contribution in [-0.2, 0) is 0 Å². The zero-order chi connectivity index (χ0) is 10.7. The zero-order valence-corrected chi connectivity index (χ0v) is 8.00. The van der Waals surface area contributed by atoms with E-state index in [-0.39, 0.29) is 11.3 Å². The second-order valence-corrected chi connectivity index (χ2v) is 3.04. The van der Waals surface area contributed by atoms with E-state index in [9.17, 15) is 9.59 Å². The minimum absolute atomic E-state index is 0.158. The van der Waals surface area contributed by atoms with Crippen molar-refractivity contribution in [2.75, 3.05) is 0 Å². The van der Waals surface area contributed by atoms with Gasteiger partial charge in [-0.3, -0.25) is 9.59 Å². The third-order valence-electron chi connectivity index (χ3n) is 1.97. The van der Waals surface area contributed by atoms with Gasteiger partial charge in [0.15, 0.2) is 12.1 Å². The summed E-state index contributed by atoms with van der Waals surface area (Å²) in [5.74, 6) is -0.158. The van der Waals surface area contributed by atoms with Gasteiger partial charge >= 0.3 is 0 Å². The molecule has 0 aliphatic carbocycles. The van der Waals surface area contributed by atoms with Crippen molar-refractivity contribution in [2.24, 2.45) is 0 Å². The minimum Gasteiger partial charge on any atom is -0.298 e. The molecule has 0 bridgehead atoms. The Kier molecular flexibility index (Phi) is 2.78. The van der Waals surface area contributed by atoms with Crippen LogP contribution in [0, 0.1) is 18.3 Å². The Bertz CT molecular complexity index is 441. The number of hydrogen-bond acceptors (Lipinski definition) is 3. The Morgan fingerprint density at radius 2 is 2.14 bits per heavy atom. The van der Waals surface area contributed by atoms with Crippen molar-refractivity contribution in [2.45, 2.75) is 13.8 Å². The molecule has 3 nitrogen and oxygen atoms in total. The number of nitrogens with zero attached hydrogens (tertiary/aromatic N) is 1. The summed E-state index contributed by atoms with van der Waals surface area (Å²) >= 11 is 0. The van der Waals surface area contributed by atoms with Gasteiger partial charge in [0.05, 0.1) is 11.6 Å². The highest BCUT2D eigenvalue weighted by molar-refractivity contribution is 6.02. The molecule has 0 aliphatic heterocycles. The summed E-state index contributed by atoms with van der Waals surface area (Å²) in [6, 6.07) is 4.97. The van der Waals surface area contributed by atoms with Crippen molar-refractivity contribution in [1.82, 2.24) is 0 Å². The van der Waals surface area contributed by atoms with E-state index < -0.39 is 0 Å². The average molecular weight is 187 g/mol. The number of rotatable bonds is 2. The van der Waals surface area contributed by atoms with Crippen LogP contribution in [0.3, 0.4) is 0 Å². The van der Waals surface area contributed by atoms with Crippen LogP contribution in [0.4, 0.5) is 0 Å². The molecule has 1 rings (SSSR count). The lowest BCUT2D eigenvalue weighted by atomic mass is 9.97. The van der Waals surface area contributed by atoms with Crippen molar-refractivity contribution < 1.29 is 9.59 Å². The van der Waals surface area contributed by atoms with Crippen molar-refractivity contribution in [3.05, 3.63) is 34.4 Å². The Hall–Kier alpha value is -1.95. The monoisotopic (exact) mass is 187 g/mol. The van der Waals surface area contributed by atoms with Crippen molar-refractivity contribution in [3.63, 3.8) is 0 Å². The van der Waals surface area contributed by atoms with E-state index in [1.54, 1.807) is 13.0 Å². The molecule has 0 fully saturated rings. The first-order valence-electron chi connectivity index (χ1n) is 4.11. The second kappa shape index (κ2) is 3.84. The molecule has 0 saturated carbocycles.